The average molecular weight is 279 g/mol. The smallest absolute Gasteiger partial charge is 0.0657 e. The lowest BCUT2D eigenvalue weighted by Gasteiger charge is -2.15. The van der Waals surface area contributed by atoms with Gasteiger partial charge in [-0.25, -0.2) is 0 Å². The van der Waals surface area contributed by atoms with Crippen molar-refractivity contribution in [3.8, 4) is 0 Å². The third-order valence-electron chi connectivity index (χ3n) is 2.03. The molecule has 1 aromatic carbocycles. The molecule has 0 fully saturated rings. The van der Waals surface area contributed by atoms with E-state index in [1.165, 1.54) is 0 Å². The van der Waals surface area contributed by atoms with Crippen molar-refractivity contribution in [2.24, 2.45) is 0 Å². The van der Waals surface area contributed by atoms with E-state index in [1.807, 2.05) is 25.2 Å². The molecule has 1 N–H and O–H groups in total. The molecule has 0 saturated heterocycles. The van der Waals surface area contributed by atoms with Gasteiger partial charge in [0.05, 0.1) is 17.7 Å². The highest BCUT2D eigenvalue weighted by Gasteiger charge is 2.09. The Bertz CT molecular complexity index is 306. The number of likely N-dealkylation sites (N-methyl/N-ethyl adjacent to an activating group) is 1. The zero-order valence-corrected chi connectivity index (χ0v) is 10.5. The molecule has 0 radical (unpaired) electrons. The van der Waals surface area contributed by atoms with Gasteiger partial charge in [0.2, 0.25) is 0 Å². The summed E-state index contributed by atoms with van der Waals surface area (Å²) in [6.07, 6.45) is 0. The summed E-state index contributed by atoms with van der Waals surface area (Å²) < 4.78 is 6.02. The third kappa shape index (κ3) is 2.95. The predicted molar refractivity (Wildman–Crippen MR) is 62.8 cm³/mol. The molecule has 0 aromatic heterocycles. The predicted octanol–water partition coefficient (Wildman–Crippen LogP) is 3.01. The van der Waals surface area contributed by atoms with Crippen LogP contribution in [0.5, 0.6) is 0 Å². The second-order valence-corrected chi connectivity index (χ2v) is 4.23. The Kier molecular flexibility index (Phi) is 4.89. The van der Waals surface area contributed by atoms with E-state index < -0.39 is 0 Å². The van der Waals surface area contributed by atoms with E-state index in [1.54, 1.807) is 7.11 Å². The molecule has 0 heterocycles. The molecule has 14 heavy (non-hydrogen) atoms. The van der Waals surface area contributed by atoms with Gasteiger partial charge in [-0.3, -0.25) is 0 Å². The summed E-state index contributed by atoms with van der Waals surface area (Å²) in [6, 6.07) is 6.07. The normalized spacial score (nSPS) is 12.9. The number of hydrogen-bond acceptors (Lipinski definition) is 2. The van der Waals surface area contributed by atoms with Crippen LogP contribution in [0.2, 0.25) is 5.02 Å². The fourth-order valence-electron chi connectivity index (χ4n) is 1.24. The Morgan fingerprint density at radius 3 is 2.79 bits per heavy atom. The highest BCUT2D eigenvalue weighted by molar-refractivity contribution is 9.10. The maximum atomic E-state index is 5.91. The summed E-state index contributed by atoms with van der Waals surface area (Å²) in [7, 11) is 3.60. The van der Waals surface area contributed by atoms with E-state index in [2.05, 4.69) is 21.2 Å². The van der Waals surface area contributed by atoms with Crippen molar-refractivity contribution >= 4 is 27.5 Å². The first kappa shape index (κ1) is 12.0. The van der Waals surface area contributed by atoms with Gasteiger partial charge in [-0.2, -0.15) is 0 Å². The molecule has 0 saturated carbocycles. The lowest BCUT2D eigenvalue weighted by atomic mass is 10.1. The Morgan fingerprint density at radius 2 is 2.29 bits per heavy atom. The molecule has 78 valence electrons. The molecule has 0 amide bonds. The Morgan fingerprint density at radius 1 is 1.57 bits per heavy atom. The first-order valence-corrected chi connectivity index (χ1v) is 5.47. The van der Waals surface area contributed by atoms with Crippen LogP contribution < -0.4 is 5.32 Å². The van der Waals surface area contributed by atoms with E-state index in [0.717, 1.165) is 15.1 Å². The molecule has 0 aliphatic rings. The molecule has 1 atom stereocenters. The summed E-state index contributed by atoms with van der Waals surface area (Å²) in [4.78, 5) is 0. The van der Waals surface area contributed by atoms with E-state index in [-0.39, 0.29) is 6.04 Å². The lowest BCUT2D eigenvalue weighted by Crippen LogP contribution is -2.20. The standard InChI is InChI=1S/C10H13BrClNO/c1-13-10(6-14-2)7-3-4-9(12)8(11)5-7/h3-5,10,13H,6H2,1-2H3. The van der Waals surface area contributed by atoms with Gasteiger partial charge >= 0.3 is 0 Å². The zero-order chi connectivity index (χ0) is 10.6. The van der Waals surface area contributed by atoms with Crippen molar-refractivity contribution in [2.75, 3.05) is 20.8 Å². The van der Waals surface area contributed by atoms with Crippen molar-refractivity contribution in [1.29, 1.82) is 0 Å². The number of nitrogens with one attached hydrogen (secondary N) is 1. The number of ether oxygens (including phenoxy) is 1. The number of rotatable bonds is 4. The van der Waals surface area contributed by atoms with E-state index in [4.69, 9.17) is 16.3 Å². The van der Waals surface area contributed by atoms with Crippen LogP contribution in [0, 0.1) is 0 Å². The van der Waals surface area contributed by atoms with Gasteiger partial charge in [0.15, 0.2) is 0 Å². The van der Waals surface area contributed by atoms with E-state index in [9.17, 15) is 0 Å². The minimum atomic E-state index is 0.202. The van der Waals surface area contributed by atoms with Crippen molar-refractivity contribution in [2.45, 2.75) is 6.04 Å². The minimum absolute atomic E-state index is 0.202. The maximum Gasteiger partial charge on any atom is 0.0657 e. The topological polar surface area (TPSA) is 21.3 Å². The van der Waals surface area contributed by atoms with Crippen LogP contribution >= 0.6 is 27.5 Å². The molecular formula is C10H13BrClNO. The largest absolute Gasteiger partial charge is 0.383 e. The fourth-order valence-corrected chi connectivity index (χ4v) is 1.76. The summed E-state index contributed by atoms with van der Waals surface area (Å²) in [5.74, 6) is 0. The summed E-state index contributed by atoms with van der Waals surface area (Å²) in [5, 5.41) is 3.90. The molecule has 2 nitrogen and oxygen atoms in total. The number of benzene rings is 1. The summed E-state index contributed by atoms with van der Waals surface area (Å²) >= 11 is 9.30. The highest BCUT2D eigenvalue weighted by Crippen LogP contribution is 2.26. The first-order chi connectivity index (χ1) is 6.69. The van der Waals surface area contributed by atoms with Crippen molar-refractivity contribution < 1.29 is 4.74 Å². The molecular weight excluding hydrogens is 265 g/mol. The SMILES string of the molecule is CNC(COC)c1ccc(Cl)c(Br)c1. The second-order valence-electron chi connectivity index (χ2n) is 2.97. The third-order valence-corrected chi connectivity index (χ3v) is 3.24. The molecule has 4 heteroatoms. The lowest BCUT2D eigenvalue weighted by molar-refractivity contribution is 0.170. The molecule has 1 rings (SSSR count). The van der Waals surface area contributed by atoms with Gasteiger partial charge in [-0.1, -0.05) is 17.7 Å². The quantitative estimate of drug-likeness (QED) is 0.914. The van der Waals surface area contributed by atoms with Crippen LogP contribution in [-0.4, -0.2) is 20.8 Å². The van der Waals surface area contributed by atoms with Crippen LogP contribution in [0.4, 0.5) is 0 Å². The Hall–Kier alpha value is -0.0900. The molecule has 0 bridgehead atoms. The molecule has 0 spiro atoms. The van der Waals surface area contributed by atoms with Crippen LogP contribution in [-0.2, 0) is 4.74 Å². The maximum absolute atomic E-state index is 5.91. The molecule has 1 aromatic rings. The van der Waals surface area contributed by atoms with Gasteiger partial charge in [-0.05, 0) is 40.7 Å². The van der Waals surface area contributed by atoms with Crippen LogP contribution in [0.15, 0.2) is 22.7 Å². The van der Waals surface area contributed by atoms with Crippen molar-refractivity contribution in [1.82, 2.24) is 5.32 Å². The van der Waals surface area contributed by atoms with Gasteiger partial charge in [0, 0.05) is 11.6 Å². The van der Waals surface area contributed by atoms with Gasteiger partial charge < -0.3 is 10.1 Å². The zero-order valence-electron chi connectivity index (χ0n) is 8.18. The monoisotopic (exact) mass is 277 g/mol. The summed E-state index contributed by atoms with van der Waals surface area (Å²) in [6.45, 7) is 0.643. The minimum Gasteiger partial charge on any atom is -0.383 e. The number of halogens is 2. The molecule has 1 unspecified atom stereocenters. The van der Waals surface area contributed by atoms with E-state index in [0.29, 0.717) is 6.61 Å². The number of methoxy groups -OCH3 is 1. The number of hydrogen-bond donors (Lipinski definition) is 1. The first-order valence-electron chi connectivity index (χ1n) is 4.30. The second kappa shape index (κ2) is 5.71. The van der Waals surface area contributed by atoms with Crippen LogP contribution in [0.1, 0.15) is 11.6 Å². The van der Waals surface area contributed by atoms with Crippen LogP contribution in [0.3, 0.4) is 0 Å². The average Bonchev–Trinajstić information content (AvgIpc) is 2.19. The van der Waals surface area contributed by atoms with E-state index >= 15 is 0 Å². The van der Waals surface area contributed by atoms with Crippen molar-refractivity contribution in [3.05, 3.63) is 33.3 Å². The van der Waals surface area contributed by atoms with Crippen LogP contribution in [0.25, 0.3) is 0 Å². The highest BCUT2D eigenvalue weighted by atomic mass is 79.9. The Balaban J connectivity index is 2.88. The van der Waals surface area contributed by atoms with Gasteiger partial charge in [0.1, 0.15) is 0 Å². The van der Waals surface area contributed by atoms with Crippen molar-refractivity contribution in [3.63, 3.8) is 0 Å². The fraction of sp³-hybridized carbons (Fsp3) is 0.400. The Labute approximate surface area is 97.7 Å². The molecule has 0 aliphatic heterocycles. The molecule has 0 aliphatic carbocycles. The van der Waals surface area contributed by atoms with Gasteiger partial charge in [-0.15, -0.1) is 0 Å². The summed E-state index contributed by atoms with van der Waals surface area (Å²) in [5.41, 5.74) is 1.16. The van der Waals surface area contributed by atoms with Gasteiger partial charge in [0.25, 0.3) is 0 Å².